The van der Waals surface area contributed by atoms with Crippen LogP contribution in [0.1, 0.15) is 60.2 Å². The van der Waals surface area contributed by atoms with Gasteiger partial charge in [-0.05, 0) is 18.9 Å². The van der Waals surface area contributed by atoms with Gasteiger partial charge in [0.25, 0.3) is 5.91 Å². The van der Waals surface area contributed by atoms with Crippen LogP contribution < -0.4 is 0 Å². The van der Waals surface area contributed by atoms with Gasteiger partial charge in [-0.25, -0.2) is 0 Å². The summed E-state index contributed by atoms with van der Waals surface area (Å²) < 4.78 is 0. The van der Waals surface area contributed by atoms with Crippen molar-refractivity contribution >= 4 is 17.2 Å². The maximum atomic E-state index is 12.5. The molecule has 1 aliphatic rings. The predicted molar refractivity (Wildman–Crippen MR) is 86.5 cm³/mol. The Morgan fingerprint density at radius 2 is 2.10 bits per heavy atom. The highest BCUT2D eigenvalue weighted by atomic mass is 32.1. The molecule has 1 aromatic rings. The summed E-state index contributed by atoms with van der Waals surface area (Å²) in [5, 5.41) is 10.6. The van der Waals surface area contributed by atoms with Crippen LogP contribution in [0.5, 0.6) is 0 Å². The third-order valence-electron chi connectivity index (χ3n) is 3.99. The summed E-state index contributed by atoms with van der Waals surface area (Å²) in [5.41, 5.74) is 0.736. The number of carbonyl (C=O) groups excluding carboxylic acids is 1. The standard InChI is InChI=1S/C17H23NO2S/c1-18(15-8-4-2-3-5-9-15)17(20)14-12-16(21-13-14)10-6-7-11-19/h12-13,15,19H,2-5,7-9,11H2,1H3. The lowest BCUT2D eigenvalue weighted by atomic mass is 10.1. The van der Waals surface area contributed by atoms with Gasteiger partial charge in [0.05, 0.1) is 17.0 Å². The van der Waals surface area contributed by atoms with E-state index >= 15 is 0 Å². The summed E-state index contributed by atoms with van der Waals surface area (Å²) in [6.07, 6.45) is 7.75. The van der Waals surface area contributed by atoms with Gasteiger partial charge in [0.15, 0.2) is 0 Å². The molecule has 1 saturated carbocycles. The minimum absolute atomic E-state index is 0.0780. The molecule has 0 aliphatic heterocycles. The van der Waals surface area contributed by atoms with Gasteiger partial charge >= 0.3 is 0 Å². The average Bonchev–Trinajstić information content (AvgIpc) is 2.80. The lowest BCUT2D eigenvalue weighted by Gasteiger charge is -2.26. The van der Waals surface area contributed by atoms with Gasteiger partial charge in [-0.3, -0.25) is 4.79 Å². The third kappa shape index (κ3) is 4.59. The number of aliphatic hydroxyl groups excluding tert-OH is 1. The topological polar surface area (TPSA) is 40.5 Å². The van der Waals surface area contributed by atoms with Gasteiger partial charge in [-0.1, -0.05) is 37.5 Å². The van der Waals surface area contributed by atoms with E-state index in [9.17, 15) is 4.79 Å². The average molecular weight is 305 g/mol. The molecule has 0 aromatic carbocycles. The molecule has 1 aliphatic carbocycles. The molecule has 3 nitrogen and oxygen atoms in total. The summed E-state index contributed by atoms with van der Waals surface area (Å²) in [6.45, 7) is 0.0780. The van der Waals surface area contributed by atoms with E-state index in [0.29, 0.717) is 12.5 Å². The molecule has 4 heteroatoms. The smallest absolute Gasteiger partial charge is 0.254 e. The van der Waals surface area contributed by atoms with E-state index in [4.69, 9.17) is 5.11 Å². The highest BCUT2D eigenvalue weighted by molar-refractivity contribution is 7.10. The van der Waals surface area contributed by atoms with Crippen LogP contribution >= 0.6 is 11.3 Å². The molecular weight excluding hydrogens is 282 g/mol. The van der Waals surface area contributed by atoms with Crippen LogP contribution in [0.2, 0.25) is 0 Å². The van der Waals surface area contributed by atoms with E-state index in [-0.39, 0.29) is 12.5 Å². The molecule has 2 rings (SSSR count). The molecule has 114 valence electrons. The second-order valence-corrected chi connectivity index (χ2v) is 6.45. The molecule has 1 fully saturated rings. The lowest BCUT2D eigenvalue weighted by molar-refractivity contribution is 0.0718. The number of nitrogens with zero attached hydrogens (tertiary/aromatic N) is 1. The van der Waals surface area contributed by atoms with Crippen LogP contribution in [-0.4, -0.2) is 35.6 Å². The summed E-state index contributed by atoms with van der Waals surface area (Å²) in [6, 6.07) is 2.24. The predicted octanol–water partition coefficient (Wildman–Crippen LogP) is 3.28. The van der Waals surface area contributed by atoms with E-state index in [1.54, 1.807) is 0 Å². The number of hydrogen-bond donors (Lipinski definition) is 1. The second-order valence-electron chi connectivity index (χ2n) is 5.54. The van der Waals surface area contributed by atoms with Crippen molar-refractivity contribution in [3.8, 4) is 11.8 Å². The Bertz CT molecular complexity index is 518. The van der Waals surface area contributed by atoms with Crippen molar-refractivity contribution in [1.82, 2.24) is 4.90 Å². The Balaban J connectivity index is 2.00. The van der Waals surface area contributed by atoms with Crippen LogP contribution in [-0.2, 0) is 0 Å². The Kier molecular flexibility index (Phi) is 6.28. The molecule has 1 aromatic heterocycles. The van der Waals surface area contributed by atoms with E-state index in [2.05, 4.69) is 11.8 Å². The number of amides is 1. The summed E-state index contributed by atoms with van der Waals surface area (Å²) in [5.74, 6) is 5.98. The zero-order valence-corrected chi connectivity index (χ0v) is 13.4. The SMILES string of the molecule is CN(C(=O)c1csc(C#CCCO)c1)C1CCCCCC1. The van der Waals surface area contributed by atoms with Crippen molar-refractivity contribution in [2.45, 2.75) is 51.0 Å². The zero-order valence-electron chi connectivity index (χ0n) is 12.6. The van der Waals surface area contributed by atoms with Gasteiger partial charge in [0, 0.05) is 24.9 Å². The second kappa shape index (κ2) is 8.21. The van der Waals surface area contributed by atoms with E-state index in [0.717, 1.165) is 23.3 Å². The normalized spacial score (nSPS) is 15.9. The maximum Gasteiger partial charge on any atom is 0.254 e. The number of carbonyl (C=O) groups is 1. The Hall–Kier alpha value is -1.31. The molecule has 1 N–H and O–H groups in total. The molecule has 0 atom stereocenters. The quantitative estimate of drug-likeness (QED) is 0.688. The van der Waals surface area contributed by atoms with Crippen molar-refractivity contribution in [1.29, 1.82) is 0 Å². The molecule has 21 heavy (non-hydrogen) atoms. The van der Waals surface area contributed by atoms with Gasteiger partial charge in [-0.2, -0.15) is 0 Å². The largest absolute Gasteiger partial charge is 0.395 e. The fraction of sp³-hybridized carbons (Fsp3) is 0.588. The monoisotopic (exact) mass is 305 g/mol. The highest BCUT2D eigenvalue weighted by Gasteiger charge is 2.22. The first-order valence-corrected chi connectivity index (χ1v) is 8.55. The first-order valence-electron chi connectivity index (χ1n) is 7.68. The van der Waals surface area contributed by atoms with Gasteiger partial charge in [-0.15, -0.1) is 11.3 Å². The van der Waals surface area contributed by atoms with Crippen molar-refractivity contribution in [2.75, 3.05) is 13.7 Å². The van der Waals surface area contributed by atoms with Gasteiger partial charge < -0.3 is 10.0 Å². The van der Waals surface area contributed by atoms with E-state index in [1.807, 2.05) is 23.4 Å². The fourth-order valence-corrected chi connectivity index (χ4v) is 3.48. The van der Waals surface area contributed by atoms with Gasteiger partial charge in [0.2, 0.25) is 0 Å². The summed E-state index contributed by atoms with van der Waals surface area (Å²) in [4.78, 5) is 15.3. The van der Waals surface area contributed by atoms with Gasteiger partial charge in [0.1, 0.15) is 0 Å². The fourth-order valence-electron chi connectivity index (χ4n) is 2.73. The van der Waals surface area contributed by atoms with Crippen LogP contribution in [0, 0.1) is 11.8 Å². The first kappa shape index (κ1) is 16.1. The third-order valence-corrected chi connectivity index (χ3v) is 4.83. The molecule has 0 radical (unpaired) electrons. The van der Waals surface area contributed by atoms with Crippen LogP contribution in [0.25, 0.3) is 0 Å². The minimum atomic E-state index is 0.0780. The highest BCUT2D eigenvalue weighted by Crippen LogP contribution is 2.23. The molecule has 1 amide bonds. The zero-order chi connectivity index (χ0) is 15.1. The Morgan fingerprint density at radius 3 is 2.76 bits per heavy atom. The molecule has 0 bridgehead atoms. The van der Waals surface area contributed by atoms with E-state index in [1.165, 1.54) is 37.0 Å². The lowest BCUT2D eigenvalue weighted by Crippen LogP contribution is -2.36. The van der Waals surface area contributed by atoms with Crippen molar-refractivity contribution in [3.05, 3.63) is 21.9 Å². The van der Waals surface area contributed by atoms with Crippen LogP contribution in [0.15, 0.2) is 11.4 Å². The maximum absolute atomic E-state index is 12.5. The molecule has 0 unspecified atom stereocenters. The van der Waals surface area contributed by atoms with Crippen molar-refractivity contribution in [2.24, 2.45) is 0 Å². The van der Waals surface area contributed by atoms with Crippen LogP contribution in [0.3, 0.4) is 0 Å². The minimum Gasteiger partial charge on any atom is -0.395 e. The number of thiophene rings is 1. The molecule has 1 heterocycles. The number of aliphatic hydroxyl groups is 1. The number of hydrogen-bond acceptors (Lipinski definition) is 3. The van der Waals surface area contributed by atoms with Crippen molar-refractivity contribution < 1.29 is 9.90 Å². The Morgan fingerprint density at radius 1 is 1.38 bits per heavy atom. The number of rotatable bonds is 3. The summed E-state index contributed by atoms with van der Waals surface area (Å²) >= 11 is 1.49. The molecule has 0 spiro atoms. The Labute approximate surface area is 131 Å². The summed E-state index contributed by atoms with van der Waals surface area (Å²) in [7, 11) is 1.92. The molecule has 0 saturated heterocycles. The van der Waals surface area contributed by atoms with Crippen molar-refractivity contribution in [3.63, 3.8) is 0 Å². The van der Waals surface area contributed by atoms with E-state index < -0.39 is 0 Å². The molecular formula is C17H23NO2S. The first-order chi connectivity index (χ1) is 10.2. The van der Waals surface area contributed by atoms with Crippen LogP contribution in [0.4, 0.5) is 0 Å².